The largest absolute Gasteiger partial charge is 0.366 e. The van der Waals surface area contributed by atoms with E-state index in [4.69, 9.17) is 0 Å². The van der Waals surface area contributed by atoms with E-state index in [9.17, 15) is 23.6 Å². The minimum absolute atomic E-state index is 0.161. The van der Waals surface area contributed by atoms with E-state index < -0.39 is 23.7 Å². The fourth-order valence-electron chi connectivity index (χ4n) is 4.55. The maximum Gasteiger partial charge on any atom is 0.272 e. The van der Waals surface area contributed by atoms with Crippen molar-refractivity contribution in [3.8, 4) is 0 Å². The van der Waals surface area contributed by atoms with Gasteiger partial charge in [0, 0.05) is 50.9 Å². The average molecular weight is 452 g/mol. The number of piperidine rings is 1. The van der Waals surface area contributed by atoms with Crippen molar-refractivity contribution in [2.45, 2.75) is 25.4 Å². The molecule has 2 aromatic rings. The number of amides is 4. The van der Waals surface area contributed by atoms with Gasteiger partial charge in [-0.15, -0.1) is 0 Å². The summed E-state index contributed by atoms with van der Waals surface area (Å²) in [6.07, 6.45) is 3.24. The zero-order valence-electron chi connectivity index (χ0n) is 17.7. The van der Waals surface area contributed by atoms with Crippen molar-refractivity contribution < 1.29 is 23.6 Å². The Balaban J connectivity index is 1.29. The Kier molecular flexibility index (Phi) is 5.23. The van der Waals surface area contributed by atoms with Crippen molar-refractivity contribution >= 4 is 29.3 Å². The van der Waals surface area contributed by atoms with Crippen LogP contribution in [0.2, 0.25) is 0 Å². The number of benzene rings is 1. The van der Waals surface area contributed by atoms with Gasteiger partial charge in [0.1, 0.15) is 23.9 Å². The zero-order valence-corrected chi connectivity index (χ0v) is 17.7. The van der Waals surface area contributed by atoms with Crippen LogP contribution in [0.25, 0.3) is 0 Å². The van der Waals surface area contributed by atoms with Crippen LogP contribution >= 0.6 is 0 Å². The molecular weight excluding hydrogens is 431 g/mol. The highest BCUT2D eigenvalue weighted by Crippen LogP contribution is 2.33. The summed E-state index contributed by atoms with van der Waals surface area (Å²) in [6, 6.07) is 3.68. The molecule has 33 heavy (non-hydrogen) atoms. The molecule has 0 saturated carbocycles. The number of carbonyl (C=O) groups excluding carboxylic acids is 4. The first-order valence-corrected chi connectivity index (χ1v) is 10.7. The SMILES string of the molecule is O=C1CCC(N2Cc3cc(N4CCN(C(=O)c5ccncn5)CC4)c(F)cc3C2=O)C(=O)N1. The minimum atomic E-state index is -0.745. The Morgan fingerprint density at radius 3 is 2.61 bits per heavy atom. The van der Waals surface area contributed by atoms with E-state index >= 15 is 0 Å². The van der Waals surface area contributed by atoms with Gasteiger partial charge >= 0.3 is 0 Å². The number of imide groups is 1. The molecule has 4 amide bonds. The van der Waals surface area contributed by atoms with Crippen molar-refractivity contribution in [1.29, 1.82) is 0 Å². The van der Waals surface area contributed by atoms with Gasteiger partial charge in [-0.1, -0.05) is 0 Å². The molecule has 0 bridgehead atoms. The minimum Gasteiger partial charge on any atom is -0.366 e. The number of anilines is 1. The van der Waals surface area contributed by atoms with Crippen LogP contribution in [0.15, 0.2) is 30.7 Å². The molecular formula is C22H21FN6O4. The zero-order chi connectivity index (χ0) is 23.1. The molecule has 10 nitrogen and oxygen atoms in total. The topological polar surface area (TPSA) is 116 Å². The van der Waals surface area contributed by atoms with Crippen LogP contribution in [0.1, 0.15) is 39.3 Å². The fourth-order valence-corrected chi connectivity index (χ4v) is 4.55. The van der Waals surface area contributed by atoms with Crippen molar-refractivity contribution in [1.82, 2.24) is 25.1 Å². The molecule has 3 aliphatic heterocycles. The number of hydrogen-bond donors (Lipinski definition) is 1. The molecule has 1 unspecified atom stereocenters. The van der Waals surface area contributed by atoms with Crippen molar-refractivity contribution in [2.75, 3.05) is 31.1 Å². The number of hydrogen-bond acceptors (Lipinski definition) is 7. The van der Waals surface area contributed by atoms with Crippen LogP contribution in [0.4, 0.5) is 10.1 Å². The number of carbonyl (C=O) groups is 4. The maximum atomic E-state index is 15.0. The molecule has 5 rings (SSSR count). The van der Waals surface area contributed by atoms with E-state index in [1.54, 1.807) is 17.0 Å². The first kappa shape index (κ1) is 21.0. The molecule has 2 fully saturated rings. The van der Waals surface area contributed by atoms with Gasteiger partial charge in [-0.2, -0.15) is 0 Å². The van der Waals surface area contributed by atoms with Gasteiger partial charge in [-0.3, -0.25) is 24.5 Å². The lowest BCUT2D eigenvalue weighted by molar-refractivity contribution is -0.136. The van der Waals surface area contributed by atoms with Gasteiger partial charge in [0.25, 0.3) is 11.8 Å². The van der Waals surface area contributed by atoms with E-state index in [0.717, 1.165) is 0 Å². The van der Waals surface area contributed by atoms with Gasteiger partial charge in [-0.25, -0.2) is 14.4 Å². The lowest BCUT2D eigenvalue weighted by Gasteiger charge is -2.36. The summed E-state index contributed by atoms with van der Waals surface area (Å²) in [5, 5.41) is 2.26. The van der Waals surface area contributed by atoms with Crippen LogP contribution in [0, 0.1) is 5.82 Å². The highest BCUT2D eigenvalue weighted by molar-refractivity contribution is 6.05. The van der Waals surface area contributed by atoms with E-state index in [1.165, 1.54) is 23.5 Å². The predicted octanol–water partition coefficient (Wildman–Crippen LogP) is 0.339. The van der Waals surface area contributed by atoms with Crippen LogP contribution in [-0.4, -0.2) is 75.6 Å². The van der Waals surface area contributed by atoms with E-state index in [-0.39, 0.29) is 36.8 Å². The molecule has 0 radical (unpaired) electrons. The lowest BCUT2D eigenvalue weighted by atomic mass is 10.0. The molecule has 0 spiro atoms. The molecule has 1 aromatic heterocycles. The number of nitrogens with one attached hydrogen (secondary N) is 1. The van der Waals surface area contributed by atoms with Crippen molar-refractivity contribution in [3.63, 3.8) is 0 Å². The monoisotopic (exact) mass is 452 g/mol. The number of halogens is 1. The summed E-state index contributed by atoms with van der Waals surface area (Å²) in [5.41, 5.74) is 1.55. The molecule has 4 heterocycles. The van der Waals surface area contributed by atoms with Crippen molar-refractivity contribution in [2.24, 2.45) is 0 Å². The van der Waals surface area contributed by atoms with Gasteiger partial charge in [0.2, 0.25) is 11.8 Å². The molecule has 0 aliphatic carbocycles. The summed E-state index contributed by atoms with van der Waals surface area (Å²) in [6.45, 7) is 1.84. The van der Waals surface area contributed by atoms with Crippen LogP contribution in [-0.2, 0) is 16.1 Å². The molecule has 1 aromatic carbocycles. The molecule has 170 valence electrons. The standard InChI is InChI=1S/C22H21FN6O4/c23-15-10-14-13(11-29(21(14)32)17-1-2-19(30)26-20(17)31)9-18(15)27-5-7-28(8-6-27)22(33)16-3-4-24-12-25-16/h3-4,9-10,12,17H,1-2,5-8,11H2,(H,26,30,31). The predicted molar refractivity (Wildman–Crippen MR) is 113 cm³/mol. The Morgan fingerprint density at radius 2 is 1.91 bits per heavy atom. The van der Waals surface area contributed by atoms with Crippen LogP contribution in [0.5, 0.6) is 0 Å². The lowest BCUT2D eigenvalue weighted by Crippen LogP contribution is -2.52. The summed E-state index contributed by atoms with van der Waals surface area (Å²) in [7, 11) is 0. The highest BCUT2D eigenvalue weighted by Gasteiger charge is 2.40. The summed E-state index contributed by atoms with van der Waals surface area (Å²) >= 11 is 0. The van der Waals surface area contributed by atoms with E-state index in [0.29, 0.717) is 43.1 Å². The molecule has 3 aliphatic rings. The molecule has 2 saturated heterocycles. The highest BCUT2D eigenvalue weighted by atomic mass is 19.1. The number of fused-ring (bicyclic) bond motifs is 1. The number of aromatic nitrogens is 2. The summed E-state index contributed by atoms with van der Waals surface area (Å²) < 4.78 is 15.0. The van der Waals surface area contributed by atoms with Gasteiger partial charge in [0.15, 0.2) is 0 Å². The average Bonchev–Trinajstić information content (AvgIpc) is 3.14. The fraction of sp³-hybridized carbons (Fsp3) is 0.364. The van der Waals surface area contributed by atoms with Crippen molar-refractivity contribution in [3.05, 3.63) is 53.4 Å². The summed E-state index contributed by atoms with van der Waals surface area (Å²) in [4.78, 5) is 61.8. The van der Waals surface area contributed by atoms with E-state index in [1.807, 2.05) is 4.90 Å². The first-order valence-electron chi connectivity index (χ1n) is 10.7. The maximum absolute atomic E-state index is 15.0. The second-order valence-electron chi connectivity index (χ2n) is 8.23. The first-order chi connectivity index (χ1) is 15.9. The number of nitrogens with zero attached hydrogens (tertiary/aromatic N) is 5. The van der Waals surface area contributed by atoms with Gasteiger partial charge in [0.05, 0.1) is 5.69 Å². The Bertz CT molecular complexity index is 1150. The van der Waals surface area contributed by atoms with Crippen LogP contribution in [0.3, 0.4) is 0 Å². The summed E-state index contributed by atoms with van der Waals surface area (Å²) in [5.74, 6) is -1.99. The second kappa shape index (κ2) is 8.23. The quantitative estimate of drug-likeness (QED) is 0.668. The normalized spacial score (nSPS) is 20.7. The van der Waals surface area contributed by atoms with E-state index in [2.05, 4.69) is 15.3 Å². The molecule has 1 N–H and O–H groups in total. The van der Waals surface area contributed by atoms with Gasteiger partial charge < -0.3 is 14.7 Å². The third-order valence-electron chi connectivity index (χ3n) is 6.30. The molecule has 11 heteroatoms. The Morgan fingerprint density at radius 1 is 1.12 bits per heavy atom. The smallest absolute Gasteiger partial charge is 0.272 e. The number of piperazine rings is 1. The Labute approximate surface area is 188 Å². The third kappa shape index (κ3) is 3.79. The third-order valence-corrected chi connectivity index (χ3v) is 6.30. The van der Waals surface area contributed by atoms with Gasteiger partial charge in [-0.05, 0) is 30.2 Å². The Hall–Kier alpha value is -3.89. The van der Waals surface area contributed by atoms with Crippen LogP contribution < -0.4 is 10.2 Å². The second-order valence-corrected chi connectivity index (χ2v) is 8.23. The number of rotatable bonds is 3. The molecule has 1 atom stereocenters.